The second-order valence-electron chi connectivity index (χ2n) is 4.21. The molecule has 1 aromatic carbocycles. The first-order valence-electron chi connectivity index (χ1n) is 4.98. The third-order valence-corrected chi connectivity index (χ3v) is 3.76. The predicted molar refractivity (Wildman–Crippen MR) is 63.1 cm³/mol. The smallest absolute Gasteiger partial charge is 0.258 e. The molecular weight excluding hydrogens is 277 g/mol. The summed E-state index contributed by atoms with van der Waals surface area (Å²) in [5.74, 6) is -1.13. The average molecular weight is 287 g/mol. The molecule has 19 heavy (non-hydrogen) atoms. The average Bonchev–Trinajstić information content (AvgIpc) is 2.27. The Hall–Kier alpha value is -2.05. The molecular formula is C10H10FN3O4S. The Labute approximate surface area is 108 Å². The number of benzene rings is 1. The normalized spacial score (nSPS) is 11.9. The molecule has 102 valence electrons. The first-order chi connectivity index (χ1) is 8.59. The van der Waals surface area contributed by atoms with Crippen molar-refractivity contribution in [1.29, 1.82) is 5.26 Å². The highest BCUT2D eigenvalue weighted by Crippen LogP contribution is 2.22. The van der Waals surface area contributed by atoms with E-state index in [9.17, 15) is 22.9 Å². The van der Waals surface area contributed by atoms with Crippen LogP contribution in [0.1, 0.15) is 13.8 Å². The van der Waals surface area contributed by atoms with Gasteiger partial charge in [0.05, 0.1) is 11.0 Å². The van der Waals surface area contributed by atoms with Gasteiger partial charge in [0.25, 0.3) is 5.69 Å². The van der Waals surface area contributed by atoms with Crippen LogP contribution in [0.2, 0.25) is 0 Å². The molecule has 0 fully saturated rings. The zero-order valence-corrected chi connectivity index (χ0v) is 10.9. The molecule has 0 aromatic heterocycles. The van der Waals surface area contributed by atoms with E-state index < -0.39 is 36.9 Å². The highest BCUT2D eigenvalue weighted by Gasteiger charge is 2.29. The topological polar surface area (TPSA) is 113 Å². The van der Waals surface area contributed by atoms with E-state index in [0.717, 1.165) is 6.07 Å². The third-order valence-electron chi connectivity index (χ3n) is 2.08. The lowest BCUT2D eigenvalue weighted by molar-refractivity contribution is -0.385. The van der Waals surface area contributed by atoms with E-state index in [0.29, 0.717) is 12.1 Å². The first-order valence-corrected chi connectivity index (χ1v) is 6.46. The van der Waals surface area contributed by atoms with Crippen LogP contribution in [0.3, 0.4) is 0 Å². The Balaban J connectivity index is 3.33. The summed E-state index contributed by atoms with van der Waals surface area (Å²) < 4.78 is 39.2. The van der Waals surface area contributed by atoms with Crippen molar-refractivity contribution in [2.45, 2.75) is 24.3 Å². The maximum atomic E-state index is 13.5. The summed E-state index contributed by atoms with van der Waals surface area (Å²) in [5, 5.41) is 19.3. The highest BCUT2D eigenvalue weighted by molar-refractivity contribution is 7.89. The molecule has 1 aromatic rings. The van der Waals surface area contributed by atoms with Gasteiger partial charge in [-0.05, 0) is 19.9 Å². The van der Waals surface area contributed by atoms with Crippen LogP contribution in [0.5, 0.6) is 0 Å². The number of nitriles is 1. The molecule has 9 heteroatoms. The zero-order valence-electron chi connectivity index (χ0n) is 10.0. The van der Waals surface area contributed by atoms with Crippen molar-refractivity contribution in [2.24, 2.45) is 0 Å². The Morgan fingerprint density at radius 2 is 2.05 bits per heavy atom. The number of rotatable bonds is 4. The van der Waals surface area contributed by atoms with Gasteiger partial charge >= 0.3 is 0 Å². The van der Waals surface area contributed by atoms with Gasteiger partial charge in [-0.3, -0.25) is 10.1 Å². The number of non-ortho nitro benzene ring substituents is 1. The summed E-state index contributed by atoms with van der Waals surface area (Å²) in [6.45, 7) is 2.56. The van der Waals surface area contributed by atoms with Gasteiger partial charge in [-0.15, -0.1) is 0 Å². The van der Waals surface area contributed by atoms with Gasteiger partial charge < -0.3 is 0 Å². The van der Waals surface area contributed by atoms with E-state index in [1.165, 1.54) is 13.8 Å². The quantitative estimate of drug-likeness (QED) is 0.662. The summed E-state index contributed by atoms with van der Waals surface area (Å²) in [6, 6.07) is 3.82. The minimum atomic E-state index is -4.37. The van der Waals surface area contributed by atoms with Gasteiger partial charge in [0, 0.05) is 12.1 Å². The minimum absolute atomic E-state index is 0.559. The van der Waals surface area contributed by atoms with Crippen LogP contribution in [0.25, 0.3) is 0 Å². The Morgan fingerprint density at radius 3 is 2.53 bits per heavy atom. The number of halogens is 1. The summed E-state index contributed by atoms with van der Waals surface area (Å²) in [5.41, 5.74) is -2.02. The molecule has 0 spiro atoms. The summed E-state index contributed by atoms with van der Waals surface area (Å²) >= 11 is 0. The molecule has 0 aliphatic rings. The molecule has 0 unspecified atom stereocenters. The minimum Gasteiger partial charge on any atom is -0.258 e. The molecule has 0 amide bonds. The molecule has 0 atom stereocenters. The number of hydrogen-bond acceptors (Lipinski definition) is 5. The molecule has 0 heterocycles. The predicted octanol–water partition coefficient (Wildman–Crippen LogP) is 1.31. The molecule has 1 N–H and O–H groups in total. The summed E-state index contributed by atoms with van der Waals surface area (Å²) in [6.07, 6.45) is 0. The van der Waals surface area contributed by atoms with E-state index in [4.69, 9.17) is 5.26 Å². The summed E-state index contributed by atoms with van der Waals surface area (Å²) in [7, 11) is -4.37. The van der Waals surface area contributed by atoms with Gasteiger partial charge in [0.1, 0.15) is 16.3 Å². The fourth-order valence-corrected chi connectivity index (χ4v) is 2.65. The maximum absolute atomic E-state index is 13.5. The Kier molecular flexibility index (Phi) is 3.88. The van der Waals surface area contributed by atoms with Crippen molar-refractivity contribution in [3.8, 4) is 6.07 Å². The molecule has 0 radical (unpaired) electrons. The molecule has 7 nitrogen and oxygen atoms in total. The lowest BCUT2D eigenvalue weighted by Crippen LogP contribution is -2.42. The van der Waals surface area contributed by atoms with Gasteiger partial charge in [-0.25, -0.2) is 12.8 Å². The number of sulfonamides is 1. The van der Waals surface area contributed by atoms with Crippen LogP contribution in [0.15, 0.2) is 23.1 Å². The maximum Gasteiger partial charge on any atom is 0.270 e. The van der Waals surface area contributed by atoms with Crippen LogP contribution in [-0.2, 0) is 10.0 Å². The number of nitrogens with zero attached hydrogens (tertiary/aromatic N) is 2. The van der Waals surface area contributed by atoms with Crippen LogP contribution in [0, 0.1) is 27.3 Å². The van der Waals surface area contributed by atoms with Crippen LogP contribution >= 0.6 is 0 Å². The lowest BCUT2D eigenvalue weighted by Gasteiger charge is -2.17. The van der Waals surface area contributed by atoms with Crippen molar-refractivity contribution in [1.82, 2.24) is 4.72 Å². The molecule has 0 bridgehead atoms. The van der Waals surface area contributed by atoms with Crippen LogP contribution in [0.4, 0.5) is 10.1 Å². The second kappa shape index (κ2) is 4.91. The van der Waals surface area contributed by atoms with Crippen LogP contribution in [-0.4, -0.2) is 18.9 Å². The first kappa shape index (κ1) is 15.0. The van der Waals surface area contributed by atoms with Gasteiger partial charge in [-0.1, -0.05) is 0 Å². The van der Waals surface area contributed by atoms with Gasteiger partial charge in [0.2, 0.25) is 10.0 Å². The Morgan fingerprint density at radius 1 is 1.47 bits per heavy atom. The number of nitrogens with one attached hydrogen (secondary N) is 1. The third kappa shape index (κ3) is 3.46. The standard InChI is InChI=1S/C10H10FN3O4S/c1-10(2,6-12)13-19(17,18)9-5-7(14(15)16)3-4-8(9)11/h3-5,13H,1-2H3. The van der Waals surface area contributed by atoms with Crippen molar-refractivity contribution >= 4 is 15.7 Å². The molecule has 0 saturated carbocycles. The van der Waals surface area contributed by atoms with Crippen molar-refractivity contribution in [3.05, 3.63) is 34.1 Å². The number of nitro groups is 1. The van der Waals surface area contributed by atoms with Gasteiger partial charge in [0.15, 0.2) is 0 Å². The van der Waals surface area contributed by atoms with E-state index in [1.54, 1.807) is 6.07 Å². The largest absolute Gasteiger partial charge is 0.270 e. The van der Waals surface area contributed by atoms with E-state index >= 15 is 0 Å². The van der Waals surface area contributed by atoms with Crippen LogP contribution < -0.4 is 4.72 Å². The van der Waals surface area contributed by atoms with Crippen molar-refractivity contribution in [2.75, 3.05) is 0 Å². The van der Waals surface area contributed by atoms with E-state index in [-0.39, 0.29) is 0 Å². The SMILES string of the molecule is CC(C)(C#N)NS(=O)(=O)c1cc([N+](=O)[O-])ccc1F. The van der Waals surface area contributed by atoms with Gasteiger partial charge in [-0.2, -0.15) is 9.98 Å². The fraction of sp³-hybridized carbons (Fsp3) is 0.300. The summed E-state index contributed by atoms with van der Waals surface area (Å²) in [4.78, 5) is 8.84. The zero-order chi connectivity index (χ0) is 14.8. The Bertz CT molecular complexity index is 664. The molecule has 0 saturated heterocycles. The van der Waals surface area contributed by atoms with E-state index in [2.05, 4.69) is 0 Å². The molecule has 1 rings (SSSR count). The highest BCUT2D eigenvalue weighted by atomic mass is 32.2. The molecule has 0 aliphatic carbocycles. The second-order valence-corrected chi connectivity index (χ2v) is 5.86. The van der Waals surface area contributed by atoms with Crippen molar-refractivity contribution < 1.29 is 17.7 Å². The monoisotopic (exact) mass is 287 g/mol. The molecule has 0 aliphatic heterocycles. The van der Waals surface area contributed by atoms with E-state index in [1.807, 2.05) is 4.72 Å². The van der Waals surface area contributed by atoms with Crippen molar-refractivity contribution in [3.63, 3.8) is 0 Å². The fourth-order valence-electron chi connectivity index (χ4n) is 1.23. The number of nitro benzene ring substituents is 1. The number of hydrogen-bond donors (Lipinski definition) is 1. The lowest BCUT2D eigenvalue weighted by atomic mass is 10.1.